The van der Waals surface area contributed by atoms with Crippen LogP contribution in [-0.4, -0.2) is 70.4 Å². The van der Waals surface area contributed by atoms with Crippen LogP contribution in [0.5, 0.6) is 5.88 Å². The number of nitrogens with zero attached hydrogens (tertiary/aromatic N) is 3. The first-order valence-electron chi connectivity index (χ1n) is 13.3. The van der Waals surface area contributed by atoms with E-state index in [4.69, 9.17) is 19.9 Å². The van der Waals surface area contributed by atoms with Crippen molar-refractivity contribution in [3.63, 3.8) is 0 Å². The van der Waals surface area contributed by atoms with Crippen molar-refractivity contribution in [3.05, 3.63) is 23.2 Å². The van der Waals surface area contributed by atoms with Crippen molar-refractivity contribution in [1.82, 2.24) is 14.9 Å². The monoisotopic (exact) mass is 482 g/mol. The van der Waals surface area contributed by atoms with Gasteiger partial charge in [0, 0.05) is 36.6 Å². The van der Waals surface area contributed by atoms with E-state index in [1.807, 2.05) is 6.07 Å². The molecule has 4 aliphatic rings. The lowest BCUT2D eigenvalue weighted by molar-refractivity contribution is -0.128. The summed E-state index contributed by atoms with van der Waals surface area (Å²) < 4.78 is 11.9. The topological polar surface area (TPSA) is 109 Å². The fraction of sp³-hybridized carbons (Fsp3) is 0.704. The van der Waals surface area contributed by atoms with E-state index in [9.17, 15) is 9.90 Å². The zero-order valence-corrected chi connectivity index (χ0v) is 21.0. The highest BCUT2D eigenvalue weighted by atomic mass is 16.5. The van der Waals surface area contributed by atoms with Gasteiger partial charge in [-0.3, -0.25) is 9.69 Å². The van der Waals surface area contributed by atoms with Crippen molar-refractivity contribution in [2.45, 2.75) is 89.2 Å². The Labute approximate surface area is 207 Å². The molecule has 8 heteroatoms. The van der Waals surface area contributed by atoms with E-state index in [0.29, 0.717) is 56.4 Å². The maximum Gasteiger partial charge on any atom is 0.217 e. The van der Waals surface area contributed by atoms with Crippen molar-refractivity contribution in [2.75, 3.05) is 26.8 Å². The summed E-state index contributed by atoms with van der Waals surface area (Å²) in [5.74, 6) is 0.830. The summed E-state index contributed by atoms with van der Waals surface area (Å²) in [7, 11) is 2.12. The number of carbonyl (C=O) groups excluding carboxylic acids is 1. The van der Waals surface area contributed by atoms with Crippen molar-refractivity contribution in [3.8, 4) is 5.88 Å². The van der Waals surface area contributed by atoms with Gasteiger partial charge in [-0.1, -0.05) is 6.42 Å². The van der Waals surface area contributed by atoms with Crippen LogP contribution in [-0.2, 0) is 9.53 Å². The van der Waals surface area contributed by atoms with E-state index in [0.717, 1.165) is 50.8 Å². The summed E-state index contributed by atoms with van der Waals surface area (Å²) in [5, 5.41) is 20.4. The maximum absolute atomic E-state index is 12.9. The first kappa shape index (κ1) is 24.4. The molecule has 190 valence electrons. The van der Waals surface area contributed by atoms with Gasteiger partial charge in [0.15, 0.2) is 11.6 Å². The van der Waals surface area contributed by atoms with E-state index in [2.05, 4.69) is 23.9 Å². The summed E-state index contributed by atoms with van der Waals surface area (Å²) in [6, 6.07) is 2.20. The van der Waals surface area contributed by atoms with Crippen LogP contribution in [0.2, 0.25) is 0 Å². The van der Waals surface area contributed by atoms with E-state index in [1.54, 1.807) is 0 Å². The number of rotatable bonds is 5. The second-order valence-electron chi connectivity index (χ2n) is 10.8. The predicted molar refractivity (Wildman–Crippen MR) is 133 cm³/mol. The molecular weight excluding hydrogens is 444 g/mol. The van der Waals surface area contributed by atoms with Crippen LogP contribution in [0, 0.1) is 10.8 Å². The van der Waals surface area contributed by atoms with Crippen LogP contribution >= 0.6 is 0 Å². The Morgan fingerprint density at radius 3 is 2.77 bits per heavy atom. The first-order valence-corrected chi connectivity index (χ1v) is 13.3. The number of carbonyl (C=O) groups is 1. The summed E-state index contributed by atoms with van der Waals surface area (Å²) >= 11 is 0. The molecule has 2 aliphatic carbocycles. The average molecular weight is 483 g/mol. The van der Waals surface area contributed by atoms with E-state index in [1.165, 1.54) is 0 Å². The van der Waals surface area contributed by atoms with Crippen molar-refractivity contribution in [2.24, 2.45) is 5.41 Å². The minimum Gasteiger partial charge on any atom is -0.504 e. The quantitative estimate of drug-likeness (QED) is 0.597. The number of aliphatic hydroxyl groups excluding tert-OH is 1. The largest absolute Gasteiger partial charge is 0.504 e. The zero-order valence-electron chi connectivity index (χ0n) is 21.0. The van der Waals surface area contributed by atoms with Gasteiger partial charge in [-0.15, -0.1) is 0 Å². The van der Waals surface area contributed by atoms with Gasteiger partial charge in [-0.25, -0.2) is 4.98 Å². The molecule has 0 radical (unpaired) electrons. The molecule has 35 heavy (non-hydrogen) atoms. The third-order valence-corrected chi connectivity index (χ3v) is 8.60. The summed E-state index contributed by atoms with van der Waals surface area (Å²) in [4.78, 5) is 24.6. The standard InChI is InChI=1S/C27H38N4O4/c1-17(21-8-6-13-31(21)2)35-23-15-20(18-10-14-34-16-18)29-26(30-23)24(33)19-7-5-12-27(25(19)28)11-4-3-9-22(27)32/h15,17-18,21,28,33H,3-14,16H2,1-2H3/b24-19-,28-25?/t17-,18+,21-,27+/m0/s1. The molecule has 2 N–H and O–H groups in total. The second-order valence-corrected chi connectivity index (χ2v) is 10.8. The van der Waals surface area contributed by atoms with Crippen molar-refractivity contribution < 1.29 is 19.4 Å². The first-order chi connectivity index (χ1) is 16.9. The Hall–Kier alpha value is -2.32. The number of nitrogens with one attached hydrogen (secondary N) is 1. The summed E-state index contributed by atoms with van der Waals surface area (Å²) in [5.41, 5.74) is 0.832. The van der Waals surface area contributed by atoms with Gasteiger partial charge in [0.05, 0.1) is 23.4 Å². The number of hydrogen-bond acceptors (Lipinski definition) is 8. The number of Topliss-reactive ketones (excluding diaryl/α,β-unsaturated/α-hetero) is 1. The number of hydrogen-bond donors (Lipinski definition) is 2. The van der Waals surface area contributed by atoms with E-state index in [-0.39, 0.29) is 35.1 Å². The molecule has 0 aromatic carbocycles. The van der Waals surface area contributed by atoms with Gasteiger partial charge in [-0.2, -0.15) is 4.98 Å². The normalized spacial score (nSPS) is 32.3. The number of aromatic nitrogens is 2. The molecule has 1 aromatic heterocycles. The molecule has 1 spiro atoms. The minimum absolute atomic E-state index is 0.0520. The average Bonchev–Trinajstić information content (AvgIpc) is 3.54. The predicted octanol–water partition coefficient (Wildman–Crippen LogP) is 4.44. The van der Waals surface area contributed by atoms with Crippen molar-refractivity contribution >= 4 is 17.3 Å². The Balaban J connectivity index is 1.49. The smallest absolute Gasteiger partial charge is 0.217 e. The van der Waals surface area contributed by atoms with Gasteiger partial charge >= 0.3 is 0 Å². The lowest BCUT2D eigenvalue weighted by atomic mass is 9.62. The third-order valence-electron chi connectivity index (χ3n) is 8.60. The highest BCUT2D eigenvalue weighted by molar-refractivity contribution is 6.18. The SMILES string of the molecule is C[C@H](Oc1cc([C@@H]2CCOC2)nc(/C(O)=C2\CCC[C@@]3(CCCCC3=O)C2=N)n1)[C@@H]1CCCN1C. The van der Waals surface area contributed by atoms with Crippen molar-refractivity contribution in [1.29, 1.82) is 5.41 Å². The lowest BCUT2D eigenvalue weighted by Gasteiger charge is -2.40. The van der Waals surface area contributed by atoms with Gasteiger partial charge in [0.2, 0.25) is 5.88 Å². The molecule has 2 aliphatic heterocycles. The minimum atomic E-state index is -0.752. The third kappa shape index (κ3) is 4.62. The van der Waals surface area contributed by atoms with Crippen LogP contribution in [0.3, 0.4) is 0 Å². The van der Waals surface area contributed by atoms with Crippen LogP contribution in [0.15, 0.2) is 11.6 Å². The van der Waals surface area contributed by atoms with E-state index < -0.39 is 5.41 Å². The van der Waals surface area contributed by atoms with Crippen LogP contribution in [0.4, 0.5) is 0 Å². The molecule has 0 unspecified atom stereocenters. The molecule has 2 saturated heterocycles. The van der Waals surface area contributed by atoms with Crippen LogP contribution in [0.25, 0.3) is 5.76 Å². The fourth-order valence-electron chi connectivity index (χ4n) is 6.48. The molecule has 2 saturated carbocycles. The van der Waals surface area contributed by atoms with Gasteiger partial charge in [0.1, 0.15) is 11.9 Å². The maximum atomic E-state index is 12.9. The molecule has 4 fully saturated rings. The van der Waals surface area contributed by atoms with E-state index >= 15 is 0 Å². The molecule has 1 aromatic rings. The molecule has 0 amide bonds. The lowest BCUT2D eigenvalue weighted by Crippen LogP contribution is -2.44. The Bertz CT molecular complexity index is 1010. The number of allylic oxidation sites excluding steroid dienone is 1. The van der Waals surface area contributed by atoms with Crippen LogP contribution in [0.1, 0.15) is 88.6 Å². The molecule has 8 nitrogen and oxygen atoms in total. The number of likely N-dealkylation sites (N-methyl/N-ethyl adjacent to an activating group) is 1. The second kappa shape index (κ2) is 9.97. The highest BCUT2D eigenvalue weighted by Crippen LogP contribution is 2.46. The Kier molecular flexibility index (Phi) is 6.95. The molecule has 0 bridgehead atoms. The van der Waals surface area contributed by atoms with Gasteiger partial charge in [0.25, 0.3) is 0 Å². The Morgan fingerprint density at radius 2 is 2.06 bits per heavy atom. The summed E-state index contributed by atoms with van der Waals surface area (Å²) in [6.07, 6.45) is 8.14. The van der Waals surface area contributed by atoms with Gasteiger partial charge in [-0.05, 0) is 71.9 Å². The molecule has 5 rings (SSSR count). The highest BCUT2D eigenvalue weighted by Gasteiger charge is 2.47. The number of likely N-dealkylation sites (tertiary alicyclic amines) is 1. The molecule has 4 atom stereocenters. The number of ether oxygens (including phenoxy) is 2. The molecular formula is C27H38N4O4. The van der Waals surface area contributed by atoms with Crippen LogP contribution < -0.4 is 4.74 Å². The number of ketones is 1. The zero-order chi connectivity index (χ0) is 24.6. The number of aliphatic hydroxyl groups is 1. The molecule has 3 heterocycles. The fourth-order valence-corrected chi connectivity index (χ4v) is 6.48. The summed E-state index contributed by atoms with van der Waals surface area (Å²) in [6.45, 7) is 4.40. The Morgan fingerprint density at radius 1 is 1.23 bits per heavy atom. The van der Waals surface area contributed by atoms with Gasteiger partial charge < -0.3 is 20.0 Å².